The molecule has 3 N–H and O–H groups in total. The molecule has 10 unspecified atom stereocenters. The highest BCUT2D eigenvalue weighted by molar-refractivity contribution is 5.87. The number of rotatable bonds is 5. The second kappa shape index (κ2) is 11.3. The molecule has 272 valence electrons. The highest BCUT2D eigenvalue weighted by Crippen LogP contribution is 2.78. The number of methoxy groups -OCH3 is 1. The summed E-state index contributed by atoms with van der Waals surface area (Å²) < 4.78 is 35.8. The van der Waals surface area contributed by atoms with E-state index in [1.54, 1.807) is 13.8 Å². The van der Waals surface area contributed by atoms with E-state index >= 15 is 0 Å². The average molecular weight is 691 g/mol. The molecule has 6 aliphatic rings. The van der Waals surface area contributed by atoms with E-state index in [-0.39, 0.29) is 19.6 Å². The topological polar surface area (TPSA) is 188 Å². The van der Waals surface area contributed by atoms with E-state index in [2.05, 4.69) is 6.58 Å². The Hall–Kier alpha value is -2.84. The average Bonchev–Trinajstić information content (AvgIpc) is 3.80. The minimum absolute atomic E-state index is 0.0324. The molecule has 6 rings (SSSR count). The molecule has 0 bridgehead atoms. The van der Waals surface area contributed by atoms with Gasteiger partial charge in [-0.25, -0.2) is 4.79 Å². The quantitative estimate of drug-likeness (QED) is 0.164. The van der Waals surface area contributed by atoms with Crippen molar-refractivity contribution < 1.29 is 62.9 Å². The number of carbonyl (C=O) groups is 4. The van der Waals surface area contributed by atoms with Crippen molar-refractivity contribution in [2.45, 2.75) is 116 Å². The van der Waals surface area contributed by atoms with Crippen LogP contribution in [0.25, 0.3) is 0 Å². The molecule has 4 aliphatic carbocycles. The van der Waals surface area contributed by atoms with Gasteiger partial charge < -0.3 is 43.7 Å². The molecule has 13 heteroatoms. The van der Waals surface area contributed by atoms with Gasteiger partial charge in [-0.3, -0.25) is 14.4 Å². The van der Waals surface area contributed by atoms with Crippen molar-refractivity contribution in [3.8, 4) is 0 Å². The van der Waals surface area contributed by atoms with Crippen LogP contribution in [0.3, 0.4) is 0 Å². The SMILES string of the molecule is C=C1CC2(O)C3CCC4(C)C([C@H](OC(C)=O)[C@H](O)C5([C@H](C)O)COCC=C[C@@H]45)C3(C)[C@H](OC(C)=O)C(OC(C)=O)C2(C)C2(C(=O)OC)OC12. The third-order valence-corrected chi connectivity index (χ3v) is 13.8. The zero-order valence-electron chi connectivity index (χ0n) is 29.5. The van der Waals surface area contributed by atoms with Gasteiger partial charge in [0.15, 0.2) is 6.10 Å². The molecule has 0 aromatic carbocycles. The number of carbonyl (C=O) groups excluding carboxylic acids is 4. The maximum atomic E-state index is 13.8. The first-order valence-corrected chi connectivity index (χ1v) is 17.0. The second-order valence-corrected chi connectivity index (χ2v) is 15.9. The van der Waals surface area contributed by atoms with E-state index in [0.717, 1.165) is 0 Å². The standard InChI is InChI=1S/C36H50O13/c1-17-15-35(43)23-12-13-31(6)22-11-10-14-45-16-34(22,18(2)37)26(41)24(46-19(3)38)25(31)32(23,7)28(47-20(4)39)29(48-21(5)40)33(35,8)36(27(17)49-36)30(42)44-9/h10-11,18,22-29,37,41,43H,1,12-16H2,2-9H3/t18-,22-,23?,24-,25?,26-,27?,28+,29?,31?,32?,33?,34?,35?,36?/m0/s1. The molecule has 0 spiro atoms. The van der Waals surface area contributed by atoms with Gasteiger partial charge in [0.25, 0.3) is 0 Å². The largest absolute Gasteiger partial charge is 0.467 e. The van der Waals surface area contributed by atoms with Crippen LogP contribution in [0.4, 0.5) is 0 Å². The molecule has 2 heterocycles. The van der Waals surface area contributed by atoms with E-state index in [9.17, 15) is 34.5 Å². The van der Waals surface area contributed by atoms with E-state index in [1.807, 2.05) is 26.0 Å². The Labute approximate surface area is 286 Å². The molecule has 49 heavy (non-hydrogen) atoms. The second-order valence-electron chi connectivity index (χ2n) is 15.9. The van der Waals surface area contributed by atoms with Crippen LogP contribution in [0.5, 0.6) is 0 Å². The van der Waals surface area contributed by atoms with Gasteiger partial charge in [-0.1, -0.05) is 32.6 Å². The van der Waals surface area contributed by atoms with Crippen molar-refractivity contribution >= 4 is 23.9 Å². The first-order valence-electron chi connectivity index (χ1n) is 17.0. The third-order valence-electron chi connectivity index (χ3n) is 13.8. The van der Waals surface area contributed by atoms with E-state index in [4.69, 9.17) is 28.4 Å². The summed E-state index contributed by atoms with van der Waals surface area (Å²) in [5.41, 5.74) is -8.59. The van der Waals surface area contributed by atoms with Crippen LogP contribution < -0.4 is 0 Å². The summed E-state index contributed by atoms with van der Waals surface area (Å²) in [5, 5.41) is 37.4. The lowest BCUT2D eigenvalue weighted by atomic mass is 9.31. The maximum absolute atomic E-state index is 13.8. The van der Waals surface area contributed by atoms with Crippen molar-refractivity contribution in [1.29, 1.82) is 0 Å². The molecule has 2 aliphatic heterocycles. The van der Waals surface area contributed by atoms with Crippen LogP contribution in [-0.2, 0) is 47.6 Å². The minimum atomic E-state index is -1.88. The monoisotopic (exact) mass is 690 g/mol. The molecule has 0 aromatic rings. The van der Waals surface area contributed by atoms with Crippen molar-refractivity contribution in [3.63, 3.8) is 0 Å². The molecule has 0 aromatic heterocycles. The Morgan fingerprint density at radius 1 is 1.02 bits per heavy atom. The zero-order valence-corrected chi connectivity index (χ0v) is 29.5. The highest BCUT2D eigenvalue weighted by atomic mass is 16.7. The van der Waals surface area contributed by atoms with Crippen LogP contribution in [-0.4, -0.2) is 107 Å². The number of epoxide rings is 1. The Kier molecular flexibility index (Phi) is 8.32. The predicted molar refractivity (Wildman–Crippen MR) is 169 cm³/mol. The van der Waals surface area contributed by atoms with Gasteiger partial charge >= 0.3 is 23.9 Å². The van der Waals surface area contributed by atoms with Gasteiger partial charge in [-0.2, -0.15) is 0 Å². The van der Waals surface area contributed by atoms with Gasteiger partial charge in [0.05, 0.1) is 42.9 Å². The van der Waals surface area contributed by atoms with Gasteiger partial charge in [-0.15, -0.1) is 0 Å². The van der Waals surface area contributed by atoms with E-state index in [0.29, 0.717) is 18.4 Å². The summed E-state index contributed by atoms with van der Waals surface area (Å²) in [6.07, 6.45) is -3.13. The van der Waals surface area contributed by atoms with E-state index in [1.165, 1.54) is 27.9 Å². The normalized spacial score (nSPS) is 50.1. The molecular formula is C36H50O13. The lowest BCUT2D eigenvalue weighted by Gasteiger charge is -2.74. The van der Waals surface area contributed by atoms with Gasteiger partial charge in [0.2, 0.25) is 5.60 Å². The molecule has 4 saturated carbocycles. The van der Waals surface area contributed by atoms with Crippen molar-refractivity contribution in [2.24, 2.45) is 39.4 Å². The van der Waals surface area contributed by atoms with Crippen LogP contribution in [0.15, 0.2) is 24.3 Å². The Balaban J connectivity index is 1.68. The molecule has 0 amide bonds. The number of aliphatic hydroxyl groups excluding tert-OH is 2. The number of ether oxygens (including phenoxy) is 6. The summed E-state index contributed by atoms with van der Waals surface area (Å²) in [7, 11) is 1.20. The summed E-state index contributed by atoms with van der Waals surface area (Å²) in [4.78, 5) is 52.9. The summed E-state index contributed by atoms with van der Waals surface area (Å²) in [6, 6.07) is 0. The lowest BCUT2D eigenvalue weighted by molar-refractivity contribution is -0.357. The van der Waals surface area contributed by atoms with Crippen LogP contribution >= 0.6 is 0 Å². The number of esters is 4. The molecule has 1 saturated heterocycles. The van der Waals surface area contributed by atoms with E-state index < -0.39 is 111 Å². The number of allylic oxidation sites excluding steroid dienone is 1. The number of hydrogen-bond donors (Lipinski definition) is 3. The summed E-state index contributed by atoms with van der Waals surface area (Å²) in [6.45, 7) is 15.0. The fraction of sp³-hybridized carbons (Fsp3) is 0.778. The molecule has 0 radical (unpaired) electrons. The molecular weight excluding hydrogens is 640 g/mol. The van der Waals surface area contributed by atoms with Crippen LogP contribution in [0.2, 0.25) is 0 Å². The number of aliphatic hydroxyl groups is 3. The Morgan fingerprint density at radius 3 is 2.20 bits per heavy atom. The smallest absolute Gasteiger partial charge is 0.342 e. The maximum Gasteiger partial charge on any atom is 0.342 e. The minimum Gasteiger partial charge on any atom is -0.467 e. The predicted octanol–water partition coefficient (Wildman–Crippen LogP) is 1.79. The van der Waals surface area contributed by atoms with Crippen LogP contribution in [0, 0.1) is 39.4 Å². The number of fused-ring (bicyclic) bond motifs is 9. The molecule has 15 atom stereocenters. The van der Waals surface area contributed by atoms with Crippen molar-refractivity contribution in [2.75, 3.05) is 20.3 Å². The lowest BCUT2D eigenvalue weighted by Crippen LogP contribution is -2.84. The van der Waals surface area contributed by atoms with Gasteiger partial charge in [0, 0.05) is 38.5 Å². The fourth-order valence-electron chi connectivity index (χ4n) is 12.0. The summed E-state index contributed by atoms with van der Waals surface area (Å²) >= 11 is 0. The molecule has 13 nitrogen and oxygen atoms in total. The Bertz CT molecular complexity index is 1490. The van der Waals surface area contributed by atoms with Crippen LogP contribution in [0.1, 0.15) is 67.7 Å². The number of hydrogen-bond acceptors (Lipinski definition) is 13. The van der Waals surface area contributed by atoms with Gasteiger partial charge in [0.1, 0.15) is 24.4 Å². The highest BCUT2D eigenvalue weighted by Gasteiger charge is 2.90. The van der Waals surface area contributed by atoms with Crippen molar-refractivity contribution in [1.82, 2.24) is 0 Å². The summed E-state index contributed by atoms with van der Waals surface area (Å²) in [5.74, 6) is -5.19. The fourth-order valence-corrected chi connectivity index (χ4v) is 12.0. The first-order chi connectivity index (χ1) is 22.8. The Morgan fingerprint density at radius 2 is 1.63 bits per heavy atom. The zero-order chi connectivity index (χ0) is 36.3. The first kappa shape index (κ1) is 36.0. The molecule has 5 fully saturated rings. The third kappa shape index (κ3) is 4.28. The van der Waals surface area contributed by atoms with Crippen molar-refractivity contribution in [3.05, 3.63) is 24.3 Å². The van der Waals surface area contributed by atoms with Gasteiger partial charge in [-0.05, 0) is 49.5 Å².